The zero-order valence-corrected chi connectivity index (χ0v) is 22.8. The Morgan fingerprint density at radius 3 is 2.54 bits per heavy atom. The van der Waals surface area contributed by atoms with Gasteiger partial charge in [-0.3, -0.25) is 14.6 Å². The number of hydrogen-bond acceptors (Lipinski definition) is 6. The SMILES string of the molecule is CCOC(=O)C1=C(CN2CCN(C(=O)c3cccc(OC)c3)[C@H](C)C2)N(CC)C(=O)N[C@@H]1c1cccc(F)c1. The van der Waals surface area contributed by atoms with Gasteiger partial charge in [0.2, 0.25) is 0 Å². The fourth-order valence-electron chi connectivity index (χ4n) is 5.21. The van der Waals surface area contributed by atoms with E-state index < -0.39 is 17.8 Å². The van der Waals surface area contributed by atoms with Crippen LogP contribution in [0.15, 0.2) is 59.8 Å². The van der Waals surface area contributed by atoms with Gasteiger partial charge in [-0.2, -0.15) is 0 Å². The normalized spacial score (nSPS) is 20.1. The number of nitrogens with one attached hydrogen (secondary N) is 1. The minimum atomic E-state index is -0.849. The van der Waals surface area contributed by atoms with Gasteiger partial charge in [0.15, 0.2) is 0 Å². The maximum Gasteiger partial charge on any atom is 0.338 e. The number of rotatable bonds is 8. The smallest absolute Gasteiger partial charge is 0.338 e. The molecule has 2 aliphatic rings. The summed E-state index contributed by atoms with van der Waals surface area (Å²) in [4.78, 5) is 45.1. The molecule has 39 heavy (non-hydrogen) atoms. The average molecular weight is 539 g/mol. The number of likely N-dealkylation sites (N-methyl/N-ethyl adjacent to an activating group) is 1. The largest absolute Gasteiger partial charge is 0.497 e. The molecule has 0 bridgehead atoms. The summed E-state index contributed by atoms with van der Waals surface area (Å²) in [5.74, 6) is -0.477. The summed E-state index contributed by atoms with van der Waals surface area (Å²) in [6.45, 7) is 7.88. The lowest BCUT2D eigenvalue weighted by atomic mass is 9.94. The van der Waals surface area contributed by atoms with Gasteiger partial charge in [0.1, 0.15) is 11.6 Å². The van der Waals surface area contributed by atoms with Gasteiger partial charge in [0, 0.05) is 50.0 Å². The Morgan fingerprint density at radius 2 is 1.87 bits per heavy atom. The highest BCUT2D eigenvalue weighted by Crippen LogP contribution is 2.33. The lowest BCUT2D eigenvalue weighted by Crippen LogP contribution is -2.56. The van der Waals surface area contributed by atoms with E-state index in [-0.39, 0.29) is 30.2 Å². The van der Waals surface area contributed by atoms with Gasteiger partial charge < -0.3 is 19.7 Å². The topological polar surface area (TPSA) is 91.4 Å². The van der Waals surface area contributed by atoms with E-state index in [0.717, 1.165) is 0 Å². The third-order valence-corrected chi connectivity index (χ3v) is 7.09. The minimum absolute atomic E-state index is 0.0779. The van der Waals surface area contributed by atoms with Gasteiger partial charge in [-0.1, -0.05) is 18.2 Å². The molecule has 2 heterocycles. The predicted octanol–water partition coefficient (Wildman–Crippen LogP) is 3.58. The van der Waals surface area contributed by atoms with E-state index in [1.807, 2.05) is 18.7 Å². The van der Waals surface area contributed by atoms with E-state index in [0.29, 0.717) is 55.3 Å². The Hall–Kier alpha value is -3.92. The van der Waals surface area contributed by atoms with Crippen LogP contribution in [0.25, 0.3) is 0 Å². The second kappa shape index (κ2) is 12.3. The first-order valence-corrected chi connectivity index (χ1v) is 13.2. The van der Waals surface area contributed by atoms with Crippen LogP contribution in [0.5, 0.6) is 5.75 Å². The van der Waals surface area contributed by atoms with E-state index in [9.17, 15) is 18.8 Å². The van der Waals surface area contributed by atoms with Crippen LogP contribution in [0.1, 0.15) is 42.7 Å². The molecular weight excluding hydrogens is 503 g/mol. The maximum atomic E-state index is 14.1. The lowest BCUT2D eigenvalue weighted by molar-refractivity contribution is -0.139. The summed E-state index contributed by atoms with van der Waals surface area (Å²) in [7, 11) is 1.56. The summed E-state index contributed by atoms with van der Waals surface area (Å²) in [6.07, 6.45) is 0. The van der Waals surface area contributed by atoms with E-state index in [1.54, 1.807) is 50.4 Å². The number of halogens is 1. The van der Waals surface area contributed by atoms with Gasteiger partial charge >= 0.3 is 12.0 Å². The van der Waals surface area contributed by atoms with Crippen molar-refractivity contribution >= 4 is 17.9 Å². The van der Waals surface area contributed by atoms with Crippen LogP contribution in [-0.2, 0) is 9.53 Å². The molecule has 10 heteroatoms. The van der Waals surface area contributed by atoms with E-state index >= 15 is 0 Å². The highest BCUT2D eigenvalue weighted by molar-refractivity contribution is 5.96. The molecule has 2 aromatic carbocycles. The number of urea groups is 1. The standard InChI is InChI=1S/C29H35FN4O5/c1-5-33-24(25(28(36)39-6-2)26(31-29(33)37)20-9-7-11-22(30)15-20)18-32-13-14-34(19(3)17-32)27(35)21-10-8-12-23(16-21)38-4/h7-12,15-16,19,26H,5-6,13-14,17-18H2,1-4H3,(H,31,37)/t19-,26-/m1/s1. The molecule has 0 radical (unpaired) electrons. The molecule has 0 spiro atoms. The number of carbonyl (C=O) groups is 3. The molecule has 0 unspecified atom stereocenters. The fraction of sp³-hybridized carbons (Fsp3) is 0.414. The zero-order valence-electron chi connectivity index (χ0n) is 22.8. The molecule has 2 aliphatic heterocycles. The summed E-state index contributed by atoms with van der Waals surface area (Å²) < 4.78 is 24.8. The Morgan fingerprint density at radius 1 is 1.10 bits per heavy atom. The molecule has 208 valence electrons. The van der Waals surface area contributed by atoms with Crippen LogP contribution in [0.3, 0.4) is 0 Å². The number of esters is 1. The van der Waals surface area contributed by atoms with Crippen molar-refractivity contribution in [3.05, 3.63) is 76.7 Å². The van der Waals surface area contributed by atoms with Crippen LogP contribution >= 0.6 is 0 Å². The predicted molar refractivity (Wildman–Crippen MR) is 144 cm³/mol. The lowest BCUT2D eigenvalue weighted by Gasteiger charge is -2.43. The van der Waals surface area contributed by atoms with Gasteiger partial charge in [-0.15, -0.1) is 0 Å². The molecule has 2 aromatic rings. The molecular formula is C29H35FN4O5. The molecule has 1 fully saturated rings. The second-order valence-corrected chi connectivity index (χ2v) is 9.58. The summed E-state index contributed by atoms with van der Waals surface area (Å²) in [5.41, 5.74) is 1.82. The summed E-state index contributed by atoms with van der Waals surface area (Å²) >= 11 is 0. The fourth-order valence-corrected chi connectivity index (χ4v) is 5.21. The monoisotopic (exact) mass is 538 g/mol. The number of amides is 3. The first-order valence-electron chi connectivity index (χ1n) is 13.2. The second-order valence-electron chi connectivity index (χ2n) is 9.58. The molecule has 9 nitrogen and oxygen atoms in total. The highest BCUT2D eigenvalue weighted by Gasteiger charge is 2.39. The van der Waals surface area contributed by atoms with Crippen LogP contribution in [0, 0.1) is 5.82 Å². The van der Waals surface area contributed by atoms with Crippen LogP contribution < -0.4 is 10.1 Å². The number of ether oxygens (including phenoxy) is 2. The van der Waals surface area contributed by atoms with Crippen molar-refractivity contribution in [2.24, 2.45) is 0 Å². The van der Waals surface area contributed by atoms with Crippen molar-refractivity contribution in [3.8, 4) is 5.75 Å². The van der Waals surface area contributed by atoms with E-state index in [2.05, 4.69) is 10.2 Å². The molecule has 1 N–H and O–H groups in total. The van der Waals surface area contributed by atoms with E-state index in [4.69, 9.17) is 9.47 Å². The molecule has 1 saturated heterocycles. The number of hydrogen-bond donors (Lipinski definition) is 1. The molecule has 0 aliphatic carbocycles. The first kappa shape index (κ1) is 28.1. The van der Waals surface area contributed by atoms with Crippen molar-refractivity contribution in [2.75, 3.05) is 46.4 Å². The van der Waals surface area contributed by atoms with Gasteiger partial charge in [0.05, 0.1) is 25.3 Å². The van der Waals surface area contributed by atoms with Crippen molar-refractivity contribution in [1.82, 2.24) is 20.0 Å². The number of benzene rings is 2. The summed E-state index contributed by atoms with van der Waals surface area (Å²) in [5, 5.41) is 2.86. The van der Waals surface area contributed by atoms with Crippen molar-refractivity contribution < 1.29 is 28.2 Å². The third kappa shape index (κ3) is 6.06. The maximum absolute atomic E-state index is 14.1. The quantitative estimate of drug-likeness (QED) is 0.517. The Labute approximate surface area is 228 Å². The van der Waals surface area contributed by atoms with Crippen molar-refractivity contribution in [1.29, 1.82) is 0 Å². The van der Waals surface area contributed by atoms with Crippen molar-refractivity contribution in [3.63, 3.8) is 0 Å². The molecule has 0 aromatic heterocycles. The Bertz CT molecular complexity index is 1270. The number of methoxy groups -OCH3 is 1. The third-order valence-electron chi connectivity index (χ3n) is 7.09. The number of nitrogens with zero attached hydrogens (tertiary/aromatic N) is 3. The Kier molecular flexibility index (Phi) is 8.86. The van der Waals surface area contributed by atoms with E-state index in [1.165, 1.54) is 17.0 Å². The van der Waals surface area contributed by atoms with Gasteiger partial charge in [-0.25, -0.2) is 14.0 Å². The number of carbonyl (C=O) groups excluding carboxylic acids is 3. The minimum Gasteiger partial charge on any atom is -0.497 e. The highest BCUT2D eigenvalue weighted by atomic mass is 19.1. The van der Waals surface area contributed by atoms with Crippen LogP contribution in [0.2, 0.25) is 0 Å². The first-order chi connectivity index (χ1) is 18.8. The molecule has 3 amide bonds. The van der Waals surface area contributed by atoms with Crippen molar-refractivity contribution in [2.45, 2.75) is 32.9 Å². The molecule has 0 saturated carbocycles. The van der Waals surface area contributed by atoms with Crippen LogP contribution in [-0.4, -0.2) is 85.1 Å². The van der Waals surface area contributed by atoms with Crippen LogP contribution in [0.4, 0.5) is 9.18 Å². The van der Waals surface area contributed by atoms with Gasteiger partial charge in [0.25, 0.3) is 5.91 Å². The Balaban J connectivity index is 1.62. The van der Waals surface area contributed by atoms with Gasteiger partial charge in [-0.05, 0) is 56.7 Å². The molecule has 2 atom stereocenters. The molecule has 4 rings (SSSR count). The zero-order chi connectivity index (χ0) is 28.1. The number of piperazine rings is 1. The summed E-state index contributed by atoms with van der Waals surface area (Å²) in [6, 6.07) is 11.6. The average Bonchev–Trinajstić information content (AvgIpc) is 2.92.